The first-order valence-corrected chi connectivity index (χ1v) is 8.24. The van der Waals surface area contributed by atoms with Crippen LogP contribution >= 0.6 is 0 Å². The molecule has 0 saturated carbocycles. The molecule has 0 spiro atoms. The van der Waals surface area contributed by atoms with Gasteiger partial charge in [0.2, 0.25) is 0 Å². The van der Waals surface area contributed by atoms with Crippen molar-refractivity contribution in [2.45, 2.75) is 90.5 Å². The Morgan fingerprint density at radius 1 is 0.778 bits per heavy atom. The molecule has 3 N–H and O–H groups in total. The summed E-state index contributed by atoms with van der Waals surface area (Å²) < 4.78 is 0. The Hall–Kier alpha value is -0.0800. The molecular formula is C16H36N2. The Kier molecular flexibility index (Phi) is 14.9. The summed E-state index contributed by atoms with van der Waals surface area (Å²) in [4.78, 5) is 0. The van der Waals surface area contributed by atoms with Crippen molar-refractivity contribution in [1.29, 1.82) is 0 Å². The quantitative estimate of drug-likeness (QED) is 0.456. The van der Waals surface area contributed by atoms with Crippen molar-refractivity contribution < 1.29 is 0 Å². The van der Waals surface area contributed by atoms with Crippen LogP contribution in [0.15, 0.2) is 0 Å². The van der Waals surface area contributed by atoms with Crippen LogP contribution in [0.2, 0.25) is 0 Å². The van der Waals surface area contributed by atoms with Crippen LogP contribution in [0.5, 0.6) is 0 Å². The minimum atomic E-state index is 0.480. The Morgan fingerprint density at radius 2 is 1.22 bits per heavy atom. The van der Waals surface area contributed by atoms with Gasteiger partial charge in [0, 0.05) is 12.6 Å². The number of hydrogen-bond donors (Lipinski definition) is 2. The predicted molar refractivity (Wildman–Crippen MR) is 83.0 cm³/mol. The minimum absolute atomic E-state index is 0.480. The lowest BCUT2D eigenvalue weighted by molar-refractivity contribution is 0.510. The van der Waals surface area contributed by atoms with Gasteiger partial charge in [-0.1, -0.05) is 71.1 Å². The van der Waals surface area contributed by atoms with Gasteiger partial charge in [0.1, 0.15) is 0 Å². The Labute approximate surface area is 115 Å². The molecule has 1 atom stereocenters. The van der Waals surface area contributed by atoms with Gasteiger partial charge >= 0.3 is 0 Å². The molecule has 0 rings (SSSR count). The molecule has 1 unspecified atom stereocenters. The van der Waals surface area contributed by atoms with Gasteiger partial charge in [0.25, 0.3) is 0 Å². The van der Waals surface area contributed by atoms with E-state index in [0.29, 0.717) is 6.04 Å². The average Bonchev–Trinajstić information content (AvgIpc) is 2.39. The molecule has 2 heteroatoms. The molecule has 0 bridgehead atoms. The molecule has 0 aliphatic rings. The van der Waals surface area contributed by atoms with Crippen molar-refractivity contribution in [2.75, 3.05) is 13.1 Å². The van der Waals surface area contributed by atoms with Crippen molar-refractivity contribution in [3.8, 4) is 0 Å². The molecule has 0 aromatic rings. The molecule has 0 heterocycles. The van der Waals surface area contributed by atoms with Gasteiger partial charge < -0.3 is 11.1 Å². The molecule has 110 valence electrons. The SMILES string of the molecule is CCCCCCCCCCCCCNC(C)CN. The van der Waals surface area contributed by atoms with Gasteiger partial charge in [-0.2, -0.15) is 0 Å². The molecule has 0 saturated heterocycles. The van der Waals surface area contributed by atoms with Crippen LogP contribution in [0.3, 0.4) is 0 Å². The van der Waals surface area contributed by atoms with E-state index in [1.54, 1.807) is 0 Å². The Morgan fingerprint density at radius 3 is 1.67 bits per heavy atom. The summed E-state index contributed by atoms with van der Waals surface area (Å²) >= 11 is 0. The normalized spacial score (nSPS) is 12.8. The lowest BCUT2D eigenvalue weighted by Gasteiger charge is -2.10. The van der Waals surface area contributed by atoms with Crippen LogP contribution in [0.1, 0.15) is 84.5 Å². The second-order valence-corrected chi connectivity index (χ2v) is 5.63. The fourth-order valence-electron chi connectivity index (χ4n) is 2.22. The second kappa shape index (κ2) is 15.0. The maximum Gasteiger partial charge on any atom is 0.0161 e. The lowest BCUT2D eigenvalue weighted by atomic mass is 10.1. The predicted octanol–water partition coefficient (Wildman–Crippen LogP) is 4.23. The van der Waals surface area contributed by atoms with Crippen molar-refractivity contribution in [3.05, 3.63) is 0 Å². The van der Waals surface area contributed by atoms with E-state index in [-0.39, 0.29) is 0 Å². The molecule has 0 aliphatic carbocycles. The molecule has 2 nitrogen and oxygen atoms in total. The van der Waals surface area contributed by atoms with Crippen LogP contribution in [0, 0.1) is 0 Å². The lowest BCUT2D eigenvalue weighted by Crippen LogP contribution is -2.33. The molecule has 0 radical (unpaired) electrons. The van der Waals surface area contributed by atoms with Crippen molar-refractivity contribution in [3.63, 3.8) is 0 Å². The molecule has 0 aliphatic heterocycles. The van der Waals surface area contributed by atoms with Crippen LogP contribution in [-0.2, 0) is 0 Å². The first-order chi connectivity index (χ1) is 8.81. The van der Waals surface area contributed by atoms with Crippen LogP contribution in [0.4, 0.5) is 0 Å². The molecule has 0 fully saturated rings. The standard InChI is InChI=1S/C16H36N2/c1-3-4-5-6-7-8-9-10-11-12-13-14-18-16(2)15-17/h16,18H,3-15,17H2,1-2H3. The van der Waals surface area contributed by atoms with E-state index in [9.17, 15) is 0 Å². The van der Waals surface area contributed by atoms with Crippen LogP contribution < -0.4 is 11.1 Å². The zero-order chi connectivity index (χ0) is 13.5. The summed E-state index contributed by atoms with van der Waals surface area (Å²) in [5.74, 6) is 0. The van der Waals surface area contributed by atoms with E-state index < -0.39 is 0 Å². The first kappa shape index (κ1) is 17.9. The van der Waals surface area contributed by atoms with Crippen molar-refractivity contribution >= 4 is 0 Å². The summed E-state index contributed by atoms with van der Waals surface area (Å²) in [5, 5.41) is 3.44. The zero-order valence-corrected chi connectivity index (χ0v) is 12.8. The number of rotatable bonds is 14. The summed E-state index contributed by atoms with van der Waals surface area (Å²) in [7, 11) is 0. The van der Waals surface area contributed by atoms with Gasteiger partial charge in [-0.15, -0.1) is 0 Å². The number of nitrogens with two attached hydrogens (primary N) is 1. The smallest absolute Gasteiger partial charge is 0.0161 e. The van der Waals surface area contributed by atoms with Gasteiger partial charge in [-0.05, 0) is 19.9 Å². The van der Waals surface area contributed by atoms with E-state index in [0.717, 1.165) is 13.1 Å². The fourth-order valence-corrected chi connectivity index (χ4v) is 2.22. The molecule has 0 aromatic heterocycles. The fraction of sp³-hybridized carbons (Fsp3) is 1.00. The van der Waals surface area contributed by atoms with E-state index in [1.807, 2.05) is 0 Å². The largest absolute Gasteiger partial charge is 0.329 e. The summed E-state index contributed by atoms with van der Waals surface area (Å²) in [6, 6.07) is 0.480. The van der Waals surface area contributed by atoms with Crippen LogP contribution in [-0.4, -0.2) is 19.1 Å². The monoisotopic (exact) mass is 256 g/mol. The first-order valence-electron chi connectivity index (χ1n) is 8.24. The number of unbranched alkanes of at least 4 members (excludes halogenated alkanes) is 10. The summed E-state index contributed by atoms with van der Waals surface area (Å²) in [5.41, 5.74) is 5.55. The molecule has 18 heavy (non-hydrogen) atoms. The van der Waals surface area contributed by atoms with Gasteiger partial charge in [0.05, 0.1) is 0 Å². The zero-order valence-electron chi connectivity index (χ0n) is 12.8. The van der Waals surface area contributed by atoms with Gasteiger partial charge in [0.15, 0.2) is 0 Å². The third kappa shape index (κ3) is 14.0. The second-order valence-electron chi connectivity index (χ2n) is 5.63. The summed E-state index contributed by atoms with van der Waals surface area (Å²) in [6.45, 7) is 6.31. The highest BCUT2D eigenvalue weighted by molar-refractivity contribution is 4.60. The molecule has 0 aromatic carbocycles. The maximum absolute atomic E-state index is 5.55. The van der Waals surface area contributed by atoms with E-state index in [4.69, 9.17) is 5.73 Å². The van der Waals surface area contributed by atoms with E-state index in [1.165, 1.54) is 70.6 Å². The maximum atomic E-state index is 5.55. The van der Waals surface area contributed by atoms with Crippen molar-refractivity contribution in [2.24, 2.45) is 5.73 Å². The van der Waals surface area contributed by atoms with E-state index >= 15 is 0 Å². The van der Waals surface area contributed by atoms with Gasteiger partial charge in [-0.25, -0.2) is 0 Å². The molecule has 0 amide bonds. The summed E-state index contributed by atoms with van der Waals surface area (Å²) in [6.07, 6.45) is 15.6. The topological polar surface area (TPSA) is 38.0 Å². The van der Waals surface area contributed by atoms with Gasteiger partial charge in [-0.3, -0.25) is 0 Å². The van der Waals surface area contributed by atoms with E-state index in [2.05, 4.69) is 19.2 Å². The average molecular weight is 256 g/mol. The third-order valence-electron chi connectivity index (χ3n) is 3.63. The highest BCUT2D eigenvalue weighted by atomic mass is 14.9. The Balaban J connectivity index is 2.94. The highest BCUT2D eigenvalue weighted by Crippen LogP contribution is 2.10. The highest BCUT2D eigenvalue weighted by Gasteiger charge is 1.96. The minimum Gasteiger partial charge on any atom is -0.329 e. The number of hydrogen-bond acceptors (Lipinski definition) is 2. The number of nitrogens with one attached hydrogen (secondary N) is 1. The van der Waals surface area contributed by atoms with Crippen molar-refractivity contribution in [1.82, 2.24) is 5.32 Å². The molecular weight excluding hydrogens is 220 g/mol. The van der Waals surface area contributed by atoms with Crippen LogP contribution in [0.25, 0.3) is 0 Å². The third-order valence-corrected chi connectivity index (χ3v) is 3.63. The Bertz CT molecular complexity index is 148.